The molecular weight excluding hydrogens is 336 g/mol. The fourth-order valence-corrected chi connectivity index (χ4v) is 1.83. The van der Waals surface area contributed by atoms with Gasteiger partial charge in [-0.15, -0.1) is 0 Å². The maximum Gasteiger partial charge on any atom is 0.351 e. The number of aromatic nitrogens is 4. The first-order chi connectivity index (χ1) is 9.52. The van der Waals surface area contributed by atoms with E-state index in [1.54, 1.807) is 12.1 Å². The summed E-state index contributed by atoms with van der Waals surface area (Å²) < 4.78 is 27.9. The second-order valence-electron chi connectivity index (χ2n) is 3.84. The molecule has 0 spiro atoms. The summed E-state index contributed by atoms with van der Waals surface area (Å²) >= 11 is 3.26. The molecule has 2 aromatic rings. The minimum absolute atomic E-state index is 0.334. The molecule has 106 valence electrons. The number of hydrogen-bond acceptors (Lipinski definition) is 4. The summed E-state index contributed by atoms with van der Waals surface area (Å²) in [6.45, 7) is -0.685. The van der Waals surface area contributed by atoms with Crippen molar-refractivity contribution in [1.29, 1.82) is 0 Å². The van der Waals surface area contributed by atoms with Gasteiger partial charge in [-0.05, 0) is 12.1 Å². The van der Waals surface area contributed by atoms with Gasteiger partial charge in [0.15, 0.2) is 0 Å². The Kier molecular flexibility index (Phi) is 4.40. The van der Waals surface area contributed by atoms with Crippen molar-refractivity contribution < 1.29 is 8.78 Å². The van der Waals surface area contributed by atoms with E-state index < -0.39 is 11.8 Å². The molecule has 0 unspecified atom stereocenters. The summed E-state index contributed by atoms with van der Waals surface area (Å²) in [5.74, 6) is 0.342. The van der Waals surface area contributed by atoms with E-state index in [9.17, 15) is 13.6 Å². The largest absolute Gasteiger partial charge is 0.351 e. The average Bonchev–Trinajstić information content (AvgIpc) is 2.77. The number of nitrogens with zero attached hydrogens (tertiary/aromatic N) is 4. The fourth-order valence-electron chi connectivity index (χ4n) is 1.51. The average molecular weight is 346 g/mol. The van der Waals surface area contributed by atoms with Crippen LogP contribution in [0.1, 0.15) is 0 Å². The highest BCUT2D eigenvalue weighted by atomic mass is 79.9. The predicted molar refractivity (Wildman–Crippen MR) is 71.6 cm³/mol. The van der Waals surface area contributed by atoms with Crippen LogP contribution in [-0.4, -0.2) is 25.9 Å². The van der Waals surface area contributed by atoms with Crippen LogP contribution < -0.4 is 11.4 Å². The topological polar surface area (TPSA) is 78.7 Å². The van der Waals surface area contributed by atoms with Gasteiger partial charge < -0.3 is 5.73 Å². The van der Waals surface area contributed by atoms with Crippen LogP contribution in [0.25, 0.3) is 5.82 Å². The molecule has 2 rings (SSSR count). The van der Waals surface area contributed by atoms with E-state index in [2.05, 4.69) is 26.0 Å². The van der Waals surface area contributed by atoms with Crippen molar-refractivity contribution in [3.63, 3.8) is 0 Å². The molecule has 0 amide bonds. The van der Waals surface area contributed by atoms with Crippen LogP contribution in [-0.2, 0) is 6.54 Å². The molecule has 6 nitrogen and oxygen atoms in total. The number of hydrogen-bond donors (Lipinski definition) is 1. The van der Waals surface area contributed by atoms with E-state index in [1.165, 1.54) is 12.5 Å². The number of pyridine rings is 1. The molecular formula is C11H10BrF2N5O. The van der Waals surface area contributed by atoms with Crippen molar-refractivity contribution >= 4 is 15.9 Å². The zero-order chi connectivity index (χ0) is 14.7. The zero-order valence-corrected chi connectivity index (χ0v) is 11.7. The van der Waals surface area contributed by atoms with Gasteiger partial charge in [0.2, 0.25) is 0 Å². The first-order valence-electron chi connectivity index (χ1n) is 5.52. The predicted octanol–water partition coefficient (Wildman–Crippen LogP) is 1.30. The van der Waals surface area contributed by atoms with Gasteiger partial charge in [-0.25, -0.2) is 19.0 Å². The van der Waals surface area contributed by atoms with Crippen molar-refractivity contribution in [3.8, 4) is 5.82 Å². The molecule has 0 aliphatic rings. The second-order valence-corrected chi connectivity index (χ2v) is 4.76. The van der Waals surface area contributed by atoms with E-state index in [0.29, 0.717) is 5.82 Å². The molecule has 9 heteroatoms. The van der Waals surface area contributed by atoms with Gasteiger partial charge in [0, 0.05) is 22.8 Å². The molecule has 0 aliphatic carbocycles. The molecule has 0 saturated heterocycles. The quantitative estimate of drug-likeness (QED) is 0.905. The third kappa shape index (κ3) is 2.99. The Morgan fingerprint density at radius 3 is 2.80 bits per heavy atom. The molecule has 0 fully saturated rings. The number of rotatable bonds is 4. The smallest absolute Gasteiger partial charge is 0.327 e. The summed E-state index contributed by atoms with van der Waals surface area (Å²) in [6.07, 6.45) is 0.839. The summed E-state index contributed by atoms with van der Waals surface area (Å²) in [6, 6.07) is 3.32. The van der Waals surface area contributed by atoms with E-state index in [1.807, 2.05) is 0 Å². The van der Waals surface area contributed by atoms with Crippen molar-refractivity contribution in [2.24, 2.45) is 5.73 Å². The molecule has 0 saturated carbocycles. The van der Waals surface area contributed by atoms with E-state index in [-0.39, 0.29) is 18.7 Å². The van der Waals surface area contributed by atoms with Gasteiger partial charge in [0.1, 0.15) is 12.1 Å². The van der Waals surface area contributed by atoms with E-state index >= 15 is 0 Å². The molecule has 0 bridgehead atoms. The standard InChI is InChI=1S/C11H10BrF2N5O/c12-8-1-2-16-9(3-8)18-6-17-19(11(18)20)5-7(4-15)10(13)14/h1-3,6H,4-5,15H2. The van der Waals surface area contributed by atoms with Crippen LogP contribution in [0.5, 0.6) is 0 Å². The van der Waals surface area contributed by atoms with Crippen LogP contribution in [0.4, 0.5) is 8.78 Å². The van der Waals surface area contributed by atoms with Crippen LogP contribution in [0, 0.1) is 0 Å². The molecule has 2 N–H and O–H groups in total. The molecule has 2 aromatic heterocycles. The van der Waals surface area contributed by atoms with Crippen LogP contribution in [0.15, 0.2) is 45.6 Å². The van der Waals surface area contributed by atoms with Crippen molar-refractivity contribution in [1.82, 2.24) is 19.3 Å². The second kappa shape index (κ2) is 6.06. The minimum atomic E-state index is -1.89. The third-order valence-corrected chi connectivity index (χ3v) is 3.04. The van der Waals surface area contributed by atoms with Crippen molar-refractivity contribution in [2.75, 3.05) is 6.54 Å². The zero-order valence-electron chi connectivity index (χ0n) is 10.1. The molecule has 2 heterocycles. The SMILES string of the molecule is NCC(Cn1ncn(-c2cc(Br)ccn2)c1=O)=C(F)F. The molecule has 0 atom stereocenters. The first-order valence-corrected chi connectivity index (χ1v) is 6.31. The highest BCUT2D eigenvalue weighted by Crippen LogP contribution is 2.11. The monoisotopic (exact) mass is 345 g/mol. The van der Waals surface area contributed by atoms with E-state index in [4.69, 9.17) is 5.73 Å². The molecule has 0 aliphatic heterocycles. The lowest BCUT2D eigenvalue weighted by molar-refractivity contribution is 0.400. The van der Waals surface area contributed by atoms with Crippen molar-refractivity contribution in [3.05, 3.63) is 51.3 Å². The highest BCUT2D eigenvalue weighted by molar-refractivity contribution is 9.10. The Hall–Kier alpha value is -1.87. The maximum absolute atomic E-state index is 12.5. The molecule has 20 heavy (non-hydrogen) atoms. The maximum atomic E-state index is 12.5. The Bertz CT molecular complexity index is 705. The summed E-state index contributed by atoms with van der Waals surface area (Å²) in [7, 11) is 0. The lowest BCUT2D eigenvalue weighted by atomic mass is 10.3. The Morgan fingerprint density at radius 1 is 1.45 bits per heavy atom. The summed E-state index contributed by atoms with van der Waals surface area (Å²) in [5, 5.41) is 3.78. The summed E-state index contributed by atoms with van der Waals surface area (Å²) in [5.41, 5.74) is 4.30. The van der Waals surface area contributed by atoms with Crippen LogP contribution >= 0.6 is 15.9 Å². The summed E-state index contributed by atoms with van der Waals surface area (Å²) in [4.78, 5) is 16.1. The minimum Gasteiger partial charge on any atom is -0.327 e. The number of halogens is 3. The van der Waals surface area contributed by atoms with Crippen molar-refractivity contribution in [2.45, 2.75) is 6.54 Å². The van der Waals surface area contributed by atoms with Gasteiger partial charge in [0.05, 0.1) is 6.54 Å². The molecule has 0 aromatic carbocycles. The third-order valence-electron chi connectivity index (χ3n) is 2.54. The normalized spacial score (nSPS) is 10.6. The lowest BCUT2D eigenvalue weighted by Crippen LogP contribution is -2.26. The van der Waals surface area contributed by atoms with Gasteiger partial charge in [-0.3, -0.25) is 0 Å². The van der Waals surface area contributed by atoms with E-state index in [0.717, 1.165) is 13.7 Å². The van der Waals surface area contributed by atoms with Gasteiger partial charge >= 0.3 is 5.69 Å². The lowest BCUT2D eigenvalue weighted by Gasteiger charge is -2.02. The Labute approximate surface area is 120 Å². The Balaban J connectivity index is 2.38. The Morgan fingerprint density at radius 2 is 2.20 bits per heavy atom. The fraction of sp³-hybridized carbons (Fsp3) is 0.182. The van der Waals surface area contributed by atoms with Gasteiger partial charge in [0.25, 0.3) is 6.08 Å². The van der Waals surface area contributed by atoms with Gasteiger partial charge in [-0.2, -0.15) is 13.9 Å². The van der Waals surface area contributed by atoms with Gasteiger partial charge in [-0.1, -0.05) is 15.9 Å². The van der Waals surface area contributed by atoms with Crippen LogP contribution in [0.2, 0.25) is 0 Å². The molecule has 0 radical (unpaired) electrons. The first kappa shape index (κ1) is 14.5. The number of nitrogens with two attached hydrogens (primary N) is 1. The highest BCUT2D eigenvalue weighted by Gasteiger charge is 2.12. The van der Waals surface area contributed by atoms with Crippen LogP contribution in [0.3, 0.4) is 0 Å².